The van der Waals surface area contributed by atoms with Gasteiger partial charge in [0, 0.05) is 50.9 Å². The van der Waals surface area contributed by atoms with E-state index in [-0.39, 0.29) is 36.6 Å². The van der Waals surface area contributed by atoms with E-state index in [1.165, 1.54) is 23.8 Å². The van der Waals surface area contributed by atoms with Crippen molar-refractivity contribution in [3.05, 3.63) is 36.2 Å². The Kier molecular flexibility index (Phi) is 11.1. The van der Waals surface area contributed by atoms with Crippen LogP contribution in [0.1, 0.15) is 44.9 Å². The van der Waals surface area contributed by atoms with Crippen molar-refractivity contribution in [2.24, 2.45) is 11.8 Å². The average Bonchev–Trinajstić information content (AvgIpc) is 3.56. The summed E-state index contributed by atoms with van der Waals surface area (Å²) in [6.07, 6.45) is 4.90. The number of imide groups is 1. The fraction of sp³-hybridized carbons (Fsp3) is 0.600. The maximum absolute atomic E-state index is 14.0. The lowest BCUT2D eigenvalue weighted by molar-refractivity contribution is -0.140. The van der Waals surface area contributed by atoms with Gasteiger partial charge in [0.15, 0.2) is 0 Å². The lowest BCUT2D eigenvalue weighted by atomic mass is 9.78. The summed E-state index contributed by atoms with van der Waals surface area (Å²) in [5.41, 5.74) is 0.816. The van der Waals surface area contributed by atoms with E-state index in [2.05, 4.69) is 9.80 Å². The Hall–Kier alpha value is -3.55. The molecule has 2 aliphatic carbocycles. The van der Waals surface area contributed by atoms with Gasteiger partial charge in [0.25, 0.3) is 0 Å². The topological polar surface area (TPSA) is 168 Å². The predicted octanol–water partition coefficient (Wildman–Crippen LogP) is 1.49. The van der Waals surface area contributed by atoms with Crippen LogP contribution in [0.2, 0.25) is 0 Å². The number of likely N-dealkylation sites (tertiary alicyclic amines) is 1. The number of aliphatic carboxylic acids is 2. The fourth-order valence-electron chi connectivity index (χ4n) is 6.27. The largest absolute Gasteiger partial charge is 0.488 e. The first-order valence-electron chi connectivity index (χ1n) is 14.8. The first-order valence-corrected chi connectivity index (χ1v) is 14.8. The van der Waals surface area contributed by atoms with Gasteiger partial charge in [-0.05, 0) is 63.6 Å². The van der Waals surface area contributed by atoms with Gasteiger partial charge in [0.05, 0.1) is 35.8 Å². The highest BCUT2D eigenvalue weighted by atomic mass is 19.1. The van der Waals surface area contributed by atoms with Crippen molar-refractivity contribution in [2.45, 2.75) is 63.3 Å². The molecule has 13 heteroatoms. The van der Waals surface area contributed by atoms with Gasteiger partial charge in [0.2, 0.25) is 11.8 Å². The quantitative estimate of drug-likeness (QED) is 0.238. The smallest absolute Gasteiger partial charge is 0.328 e. The molecule has 0 bridgehead atoms. The second kappa shape index (κ2) is 14.8. The number of hydrogen-bond donors (Lipinski definition) is 4. The first-order chi connectivity index (χ1) is 20.5. The fourth-order valence-corrected chi connectivity index (χ4v) is 6.27. The Morgan fingerprint density at radius 3 is 1.98 bits per heavy atom. The number of fused-ring (bicyclic) bond motifs is 1. The van der Waals surface area contributed by atoms with Gasteiger partial charge in [-0.25, -0.2) is 14.0 Å². The molecule has 4 N–H and O–H groups in total. The van der Waals surface area contributed by atoms with Crippen molar-refractivity contribution in [1.82, 2.24) is 9.80 Å². The molecule has 0 aromatic heterocycles. The number of rotatable bonds is 9. The summed E-state index contributed by atoms with van der Waals surface area (Å²) in [5, 5.41) is 35.4. The molecule has 2 saturated carbocycles. The first kappa shape index (κ1) is 32.4. The number of carbonyl (C=O) groups excluding carboxylic acids is 2. The summed E-state index contributed by atoms with van der Waals surface area (Å²) in [6, 6.07) is 4.77. The molecular formula is C30H40FN3O9. The number of carboxylic acid groups (broad SMARTS) is 2. The van der Waals surface area contributed by atoms with E-state index < -0.39 is 36.0 Å². The van der Waals surface area contributed by atoms with Crippen LogP contribution in [-0.4, -0.2) is 112 Å². The van der Waals surface area contributed by atoms with E-state index in [0.29, 0.717) is 25.1 Å². The number of piperazine rings is 1. The molecule has 5 rings (SSSR count). The second-order valence-electron chi connectivity index (χ2n) is 11.5. The molecule has 4 unspecified atom stereocenters. The van der Waals surface area contributed by atoms with Crippen LogP contribution >= 0.6 is 0 Å². The third-order valence-electron chi connectivity index (χ3n) is 8.54. The van der Waals surface area contributed by atoms with Crippen LogP contribution < -0.4 is 9.64 Å². The number of carboxylic acids is 2. The number of amides is 2. The Bertz CT molecular complexity index is 1150. The molecular weight excluding hydrogens is 565 g/mol. The molecule has 12 nitrogen and oxygen atoms in total. The van der Waals surface area contributed by atoms with Gasteiger partial charge < -0.3 is 30.1 Å². The summed E-state index contributed by atoms with van der Waals surface area (Å²) in [4.78, 5) is 50.4. The standard InChI is InChI=1S/C26H36FN3O5.C4H4O4/c27-17-6-7-24(35-18-4-1-2-5-18)21(14-17)29-12-10-28(11-13-29)8-3-9-30-25(33)19-15-22(31)23(32)16-20(19)26(30)34;5-3(6)1-2-4(7)8/h6-7,14,18-20,22-23,31-32H,1-5,8-13,15-16H2;1-2H,(H,5,6)(H,7,8). The highest BCUT2D eigenvalue weighted by Gasteiger charge is 2.51. The van der Waals surface area contributed by atoms with Gasteiger partial charge >= 0.3 is 11.9 Å². The summed E-state index contributed by atoms with van der Waals surface area (Å²) in [7, 11) is 0. The average molecular weight is 606 g/mol. The minimum Gasteiger partial charge on any atom is -0.488 e. The van der Waals surface area contributed by atoms with E-state index in [9.17, 15) is 33.8 Å². The Morgan fingerprint density at radius 2 is 1.44 bits per heavy atom. The lowest BCUT2D eigenvalue weighted by Gasteiger charge is -2.37. The summed E-state index contributed by atoms with van der Waals surface area (Å²) in [6.45, 7) is 4.26. The van der Waals surface area contributed by atoms with Gasteiger partial charge in [-0.3, -0.25) is 19.4 Å². The molecule has 0 spiro atoms. The van der Waals surface area contributed by atoms with Crippen LogP contribution in [0, 0.1) is 17.7 Å². The highest BCUT2D eigenvalue weighted by Crippen LogP contribution is 2.38. The number of nitrogens with zero attached hydrogens (tertiary/aromatic N) is 3. The third-order valence-corrected chi connectivity index (χ3v) is 8.54. The number of aliphatic hydroxyl groups excluding tert-OH is 2. The lowest BCUT2D eigenvalue weighted by Crippen LogP contribution is -2.47. The summed E-state index contributed by atoms with van der Waals surface area (Å²) in [5.74, 6) is -3.45. The van der Waals surface area contributed by atoms with Crippen LogP contribution in [0.4, 0.5) is 10.1 Å². The number of ether oxygens (including phenoxy) is 1. The number of carbonyl (C=O) groups is 4. The maximum atomic E-state index is 14.0. The minimum atomic E-state index is -1.26. The highest BCUT2D eigenvalue weighted by molar-refractivity contribution is 6.05. The van der Waals surface area contributed by atoms with Crippen molar-refractivity contribution in [2.75, 3.05) is 44.2 Å². The van der Waals surface area contributed by atoms with Gasteiger partial charge in [-0.2, -0.15) is 0 Å². The minimum absolute atomic E-state index is 0.154. The molecule has 1 aromatic carbocycles. The second-order valence-corrected chi connectivity index (χ2v) is 11.5. The molecule has 2 aliphatic heterocycles. The van der Waals surface area contributed by atoms with Gasteiger partial charge in [0.1, 0.15) is 11.6 Å². The molecule has 43 heavy (non-hydrogen) atoms. The number of benzene rings is 1. The van der Waals surface area contributed by atoms with E-state index in [1.807, 2.05) is 0 Å². The van der Waals surface area contributed by atoms with E-state index >= 15 is 0 Å². The predicted molar refractivity (Wildman–Crippen MR) is 152 cm³/mol. The van der Waals surface area contributed by atoms with E-state index in [1.54, 1.807) is 12.1 Å². The van der Waals surface area contributed by atoms with E-state index in [0.717, 1.165) is 57.0 Å². The zero-order valence-corrected chi connectivity index (χ0v) is 24.0. The number of hydrogen-bond acceptors (Lipinski definition) is 9. The van der Waals surface area contributed by atoms with Crippen molar-refractivity contribution in [1.29, 1.82) is 0 Å². The van der Waals surface area contributed by atoms with E-state index in [4.69, 9.17) is 14.9 Å². The van der Waals surface area contributed by atoms with Crippen molar-refractivity contribution >= 4 is 29.4 Å². The van der Waals surface area contributed by atoms with Crippen LogP contribution in [0.25, 0.3) is 0 Å². The Labute approximate surface area is 249 Å². The zero-order valence-electron chi connectivity index (χ0n) is 24.0. The van der Waals surface area contributed by atoms with Crippen molar-refractivity contribution in [3.8, 4) is 5.75 Å². The van der Waals surface area contributed by atoms with Crippen LogP contribution in [0.15, 0.2) is 30.4 Å². The molecule has 4 atom stereocenters. The van der Waals surface area contributed by atoms with Crippen LogP contribution in [0.5, 0.6) is 5.75 Å². The molecule has 2 amide bonds. The SMILES string of the molecule is O=C(O)C=CC(=O)O.O=C1C2CC(O)C(O)CC2C(=O)N1CCCN1CCN(c2cc(F)ccc2OC2CCCC2)CC1. The maximum Gasteiger partial charge on any atom is 0.328 e. The molecule has 4 fully saturated rings. The molecule has 1 aromatic rings. The van der Waals surface area contributed by atoms with Crippen molar-refractivity contribution in [3.63, 3.8) is 0 Å². The molecule has 0 radical (unpaired) electrons. The Balaban J connectivity index is 0.000000467. The Morgan fingerprint density at radius 1 is 0.884 bits per heavy atom. The molecule has 4 aliphatic rings. The van der Waals surface area contributed by atoms with Gasteiger partial charge in [-0.1, -0.05) is 0 Å². The summed E-state index contributed by atoms with van der Waals surface area (Å²) < 4.78 is 20.3. The van der Waals surface area contributed by atoms with Gasteiger partial charge in [-0.15, -0.1) is 0 Å². The monoisotopic (exact) mass is 605 g/mol. The third kappa shape index (κ3) is 8.52. The van der Waals surface area contributed by atoms with Crippen molar-refractivity contribution < 1.29 is 48.7 Å². The zero-order chi connectivity index (χ0) is 31.1. The number of halogens is 1. The molecule has 2 heterocycles. The van der Waals surface area contributed by atoms with Crippen LogP contribution in [0.3, 0.4) is 0 Å². The number of anilines is 1. The molecule has 2 saturated heterocycles. The summed E-state index contributed by atoms with van der Waals surface area (Å²) >= 11 is 0. The number of aliphatic hydroxyl groups is 2. The van der Waals surface area contributed by atoms with Crippen LogP contribution in [-0.2, 0) is 19.2 Å². The normalized spacial score (nSPS) is 26.4. The molecule has 236 valence electrons.